The van der Waals surface area contributed by atoms with Crippen LogP contribution in [0.25, 0.3) is 11.1 Å². The average Bonchev–Trinajstić information content (AvgIpc) is 3.83. The number of nitrogens with zero attached hydrogens (tertiary/aromatic N) is 2. The number of nitrogens with one attached hydrogen (secondary N) is 1. The van der Waals surface area contributed by atoms with Crippen LogP contribution in [0.4, 0.5) is 13.2 Å². The van der Waals surface area contributed by atoms with Gasteiger partial charge < -0.3 is 15.3 Å². The maximum atomic E-state index is 13.7. The molecule has 2 aliphatic rings. The smallest absolute Gasteiger partial charge is 0.475 e. The molecule has 3 aromatic carbocycles. The summed E-state index contributed by atoms with van der Waals surface area (Å²) in [5.41, 5.74) is 6.31. The van der Waals surface area contributed by atoms with Crippen LogP contribution in [-0.2, 0) is 24.4 Å². The third kappa shape index (κ3) is 10.3. The number of carboxylic acid groups (broad SMARTS) is 1. The van der Waals surface area contributed by atoms with Crippen molar-refractivity contribution < 1.29 is 27.9 Å². The molecule has 1 aliphatic carbocycles. The summed E-state index contributed by atoms with van der Waals surface area (Å²) in [6.07, 6.45) is 2.25. The third-order valence-electron chi connectivity index (χ3n) is 9.00. The number of carbonyl (C=O) groups is 2. The molecule has 0 spiro atoms. The fraction of sp³-hybridized carbons (Fsp3) is 0.368. The Morgan fingerprint density at radius 2 is 1.48 bits per heavy atom. The van der Waals surface area contributed by atoms with E-state index in [0.717, 1.165) is 43.9 Å². The van der Waals surface area contributed by atoms with Crippen molar-refractivity contribution in [3.63, 3.8) is 0 Å². The number of rotatable bonds is 10. The molecule has 4 aromatic rings. The fourth-order valence-corrected chi connectivity index (χ4v) is 7.07. The number of alkyl halides is 3. The van der Waals surface area contributed by atoms with Crippen molar-refractivity contribution >= 4 is 23.2 Å². The van der Waals surface area contributed by atoms with Gasteiger partial charge in [-0.15, -0.1) is 11.3 Å². The highest BCUT2D eigenvalue weighted by Crippen LogP contribution is 2.27. The van der Waals surface area contributed by atoms with E-state index in [1.165, 1.54) is 53.5 Å². The molecule has 1 amide bonds. The first-order valence-corrected chi connectivity index (χ1v) is 17.4. The van der Waals surface area contributed by atoms with Crippen LogP contribution in [0.15, 0.2) is 96.4 Å². The first-order chi connectivity index (χ1) is 23.2. The van der Waals surface area contributed by atoms with Gasteiger partial charge in [0.1, 0.15) is 0 Å². The average molecular weight is 678 g/mol. The van der Waals surface area contributed by atoms with E-state index in [0.29, 0.717) is 12.6 Å². The molecule has 48 heavy (non-hydrogen) atoms. The molecule has 0 radical (unpaired) electrons. The third-order valence-corrected chi connectivity index (χ3v) is 9.86. The standard InChI is InChI=1S/C36H41N3OS.C2HF3O2/c40-36(35-14-7-23-41-35)39(34-19-21-38(22-20-34)26-29-8-2-1-3-9-29)27-30-10-6-11-32(24-30)31-17-15-28(16-18-31)25-37-33-12-4-5-13-33;3-2(4,5)1(6)7/h1-3,6-11,14-18,23-24,33-34,37H,4-5,12-13,19-22,25-27H2;(H,6,7). The zero-order valence-corrected chi connectivity index (χ0v) is 27.7. The number of likely N-dealkylation sites (tertiary alicyclic amines) is 1. The van der Waals surface area contributed by atoms with Crippen LogP contribution in [0.3, 0.4) is 0 Å². The lowest BCUT2D eigenvalue weighted by Gasteiger charge is -2.38. The predicted octanol–water partition coefficient (Wildman–Crippen LogP) is 8.39. The monoisotopic (exact) mass is 677 g/mol. The van der Waals surface area contributed by atoms with Gasteiger partial charge in [-0.25, -0.2) is 4.79 Å². The zero-order chi connectivity index (χ0) is 33.9. The van der Waals surface area contributed by atoms with Crippen LogP contribution in [-0.4, -0.2) is 58.1 Å². The normalized spacial score (nSPS) is 15.9. The van der Waals surface area contributed by atoms with E-state index < -0.39 is 12.1 Å². The topological polar surface area (TPSA) is 72.9 Å². The Labute approximate surface area is 284 Å². The Bertz CT molecular complexity index is 1580. The molecule has 254 valence electrons. The van der Waals surface area contributed by atoms with Gasteiger partial charge in [-0.1, -0.05) is 91.7 Å². The predicted molar refractivity (Wildman–Crippen MR) is 184 cm³/mol. The van der Waals surface area contributed by atoms with Gasteiger partial charge in [0, 0.05) is 44.8 Å². The Morgan fingerprint density at radius 1 is 0.812 bits per heavy atom. The summed E-state index contributed by atoms with van der Waals surface area (Å²) >= 11 is 1.54. The van der Waals surface area contributed by atoms with Gasteiger partial charge in [0.25, 0.3) is 5.91 Å². The van der Waals surface area contributed by atoms with E-state index in [1.54, 1.807) is 11.3 Å². The van der Waals surface area contributed by atoms with E-state index in [2.05, 4.69) is 94.0 Å². The Morgan fingerprint density at radius 3 is 2.10 bits per heavy atom. The highest BCUT2D eigenvalue weighted by atomic mass is 32.1. The minimum absolute atomic E-state index is 0.158. The van der Waals surface area contributed by atoms with Crippen LogP contribution in [0.1, 0.15) is 64.9 Å². The summed E-state index contributed by atoms with van der Waals surface area (Å²) in [6, 6.07) is 33.3. The number of hydrogen-bond donors (Lipinski definition) is 2. The number of hydrogen-bond acceptors (Lipinski definition) is 5. The maximum absolute atomic E-state index is 13.7. The number of aliphatic carboxylic acids is 1. The van der Waals surface area contributed by atoms with E-state index >= 15 is 0 Å². The lowest BCUT2D eigenvalue weighted by molar-refractivity contribution is -0.192. The molecule has 0 bridgehead atoms. The molecule has 1 aromatic heterocycles. The Kier molecular flexibility index (Phi) is 12.4. The quantitative estimate of drug-likeness (QED) is 0.177. The highest BCUT2D eigenvalue weighted by Gasteiger charge is 2.38. The number of thiophene rings is 1. The van der Waals surface area contributed by atoms with Crippen LogP contribution in [0.2, 0.25) is 0 Å². The van der Waals surface area contributed by atoms with Crippen LogP contribution < -0.4 is 5.32 Å². The van der Waals surface area contributed by atoms with Crippen LogP contribution >= 0.6 is 11.3 Å². The first-order valence-electron chi connectivity index (χ1n) is 16.5. The van der Waals surface area contributed by atoms with Crippen LogP contribution in [0, 0.1) is 0 Å². The molecule has 0 unspecified atom stereocenters. The second-order valence-electron chi connectivity index (χ2n) is 12.5. The van der Waals surface area contributed by atoms with E-state index in [1.807, 2.05) is 17.5 Å². The van der Waals surface area contributed by atoms with Crippen LogP contribution in [0.5, 0.6) is 0 Å². The van der Waals surface area contributed by atoms with Crippen molar-refractivity contribution in [2.75, 3.05) is 13.1 Å². The summed E-state index contributed by atoms with van der Waals surface area (Å²) in [5.74, 6) is -2.60. The maximum Gasteiger partial charge on any atom is 0.490 e. The lowest BCUT2D eigenvalue weighted by atomic mass is 9.99. The molecule has 2 N–H and O–H groups in total. The van der Waals surface area contributed by atoms with E-state index in [4.69, 9.17) is 9.90 Å². The summed E-state index contributed by atoms with van der Waals surface area (Å²) in [4.78, 5) is 28.1. The molecule has 2 fully saturated rings. The van der Waals surface area contributed by atoms with E-state index in [9.17, 15) is 18.0 Å². The van der Waals surface area contributed by atoms with Crippen molar-refractivity contribution in [1.82, 2.24) is 15.1 Å². The van der Waals surface area contributed by atoms with Crippen molar-refractivity contribution in [2.45, 2.75) is 76.4 Å². The molecule has 1 saturated heterocycles. The number of piperidine rings is 1. The molecular weight excluding hydrogens is 635 g/mol. The summed E-state index contributed by atoms with van der Waals surface area (Å²) in [6.45, 7) is 4.57. The second-order valence-corrected chi connectivity index (χ2v) is 13.4. The van der Waals surface area contributed by atoms with E-state index in [-0.39, 0.29) is 11.9 Å². The number of carbonyl (C=O) groups excluding carboxylic acids is 1. The largest absolute Gasteiger partial charge is 0.490 e. The molecule has 0 atom stereocenters. The summed E-state index contributed by atoms with van der Waals surface area (Å²) in [5, 5.41) is 12.8. The highest BCUT2D eigenvalue weighted by molar-refractivity contribution is 7.12. The first kappa shape index (κ1) is 35.3. The van der Waals surface area contributed by atoms with Gasteiger partial charge >= 0.3 is 12.1 Å². The second kappa shape index (κ2) is 16.9. The van der Waals surface area contributed by atoms with Crippen molar-refractivity contribution in [2.24, 2.45) is 0 Å². The van der Waals surface area contributed by atoms with Crippen molar-refractivity contribution in [3.8, 4) is 11.1 Å². The number of amides is 1. The fourth-order valence-electron chi connectivity index (χ4n) is 6.39. The van der Waals surface area contributed by atoms with Gasteiger partial charge in [-0.05, 0) is 71.0 Å². The summed E-state index contributed by atoms with van der Waals surface area (Å²) < 4.78 is 31.7. The lowest BCUT2D eigenvalue weighted by Crippen LogP contribution is -2.46. The Balaban J connectivity index is 0.000000582. The molecule has 1 saturated carbocycles. The molecular formula is C38H42F3N3O3S. The van der Waals surface area contributed by atoms with Gasteiger partial charge in [-0.3, -0.25) is 9.69 Å². The molecule has 6 rings (SSSR count). The molecule has 2 heterocycles. The number of halogens is 3. The molecule has 6 nitrogen and oxygen atoms in total. The van der Waals surface area contributed by atoms with Gasteiger partial charge in [0.15, 0.2) is 0 Å². The zero-order valence-electron chi connectivity index (χ0n) is 26.9. The Hall–Kier alpha value is -3.99. The van der Waals surface area contributed by atoms with Gasteiger partial charge in [-0.2, -0.15) is 13.2 Å². The number of benzene rings is 3. The van der Waals surface area contributed by atoms with Gasteiger partial charge in [0.05, 0.1) is 4.88 Å². The minimum atomic E-state index is -5.08. The molecule has 10 heteroatoms. The minimum Gasteiger partial charge on any atom is -0.475 e. The number of carboxylic acids is 1. The summed E-state index contributed by atoms with van der Waals surface area (Å²) in [7, 11) is 0. The van der Waals surface area contributed by atoms with Gasteiger partial charge in [0.2, 0.25) is 0 Å². The van der Waals surface area contributed by atoms with Crippen molar-refractivity contribution in [1.29, 1.82) is 0 Å². The SMILES string of the molecule is O=C(O)C(F)(F)F.O=C(c1cccs1)N(Cc1cccc(-c2ccc(CNC3CCCC3)cc2)c1)C1CCN(Cc2ccccc2)CC1. The van der Waals surface area contributed by atoms with Crippen molar-refractivity contribution in [3.05, 3.63) is 118 Å². The molecule has 1 aliphatic heterocycles.